The molecule has 0 saturated heterocycles. The van der Waals surface area contributed by atoms with Crippen molar-refractivity contribution in [3.8, 4) is 0 Å². The number of carbonyl (C=O) groups excluding carboxylic acids is 2. The lowest BCUT2D eigenvalue weighted by atomic mass is 10.2. The molecule has 0 aliphatic carbocycles. The van der Waals surface area contributed by atoms with Gasteiger partial charge in [0.1, 0.15) is 0 Å². The molecule has 1 aliphatic rings. The van der Waals surface area contributed by atoms with Crippen molar-refractivity contribution in [2.45, 2.75) is 0 Å². The normalized spacial score (nSPS) is 13.0. The predicted octanol–water partition coefficient (Wildman–Crippen LogP) is 2.91. The molecular weight excluding hydrogens is 332 g/mol. The summed E-state index contributed by atoms with van der Waals surface area (Å²) in [6, 6.07) is 10.0. The number of rotatable bonds is 4. The fraction of sp³-hybridized carbons (Fsp3) is 0.211. The predicted molar refractivity (Wildman–Crippen MR) is 101 cm³/mol. The molecule has 2 amide bonds. The van der Waals surface area contributed by atoms with Crippen molar-refractivity contribution in [1.29, 1.82) is 0 Å². The molecule has 26 heavy (non-hydrogen) atoms. The van der Waals surface area contributed by atoms with Gasteiger partial charge in [0.25, 0.3) is 0 Å². The number of anilines is 3. The van der Waals surface area contributed by atoms with Crippen LogP contribution < -0.4 is 15.1 Å². The highest BCUT2D eigenvalue weighted by Gasteiger charge is 2.27. The van der Waals surface area contributed by atoms with Crippen molar-refractivity contribution in [2.24, 2.45) is 0 Å². The Morgan fingerprint density at radius 1 is 1.31 bits per heavy atom. The SMILES string of the molecule is C=CCN1CCN(C(=O)Nc2cccc(C(=O)OC)c2)c2cccnc21. The van der Waals surface area contributed by atoms with Crippen LogP contribution in [0.25, 0.3) is 0 Å². The third kappa shape index (κ3) is 3.51. The van der Waals surface area contributed by atoms with Crippen LogP contribution in [0.3, 0.4) is 0 Å². The van der Waals surface area contributed by atoms with E-state index in [9.17, 15) is 9.59 Å². The van der Waals surface area contributed by atoms with Gasteiger partial charge in [-0.15, -0.1) is 6.58 Å². The summed E-state index contributed by atoms with van der Waals surface area (Å²) in [4.78, 5) is 32.5. The lowest BCUT2D eigenvalue weighted by Gasteiger charge is -2.36. The highest BCUT2D eigenvalue weighted by Crippen LogP contribution is 2.31. The highest BCUT2D eigenvalue weighted by molar-refractivity contribution is 6.04. The second-order valence-corrected chi connectivity index (χ2v) is 5.74. The molecule has 1 aromatic heterocycles. The van der Waals surface area contributed by atoms with Gasteiger partial charge in [-0.1, -0.05) is 12.1 Å². The summed E-state index contributed by atoms with van der Waals surface area (Å²) in [5, 5.41) is 2.83. The summed E-state index contributed by atoms with van der Waals surface area (Å²) in [5.41, 5.74) is 1.64. The monoisotopic (exact) mass is 352 g/mol. The zero-order chi connectivity index (χ0) is 18.5. The summed E-state index contributed by atoms with van der Waals surface area (Å²) in [6.45, 7) is 5.62. The van der Waals surface area contributed by atoms with Gasteiger partial charge >= 0.3 is 12.0 Å². The van der Waals surface area contributed by atoms with E-state index in [1.165, 1.54) is 7.11 Å². The molecule has 0 radical (unpaired) electrons. The first-order valence-electron chi connectivity index (χ1n) is 8.22. The molecule has 1 aromatic carbocycles. The second kappa shape index (κ2) is 7.69. The molecule has 2 heterocycles. The molecule has 1 N–H and O–H groups in total. The number of methoxy groups -OCH3 is 1. The summed E-state index contributed by atoms with van der Waals surface area (Å²) < 4.78 is 4.71. The van der Waals surface area contributed by atoms with Gasteiger partial charge in [-0.05, 0) is 30.3 Å². The number of fused-ring (bicyclic) bond motifs is 1. The Bertz CT molecular complexity index is 837. The number of carbonyl (C=O) groups is 2. The minimum atomic E-state index is -0.450. The van der Waals surface area contributed by atoms with Crippen molar-refractivity contribution in [1.82, 2.24) is 4.98 Å². The zero-order valence-corrected chi connectivity index (χ0v) is 14.5. The van der Waals surface area contributed by atoms with Crippen LogP contribution in [0.15, 0.2) is 55.3 Å². The maximum absolute atomic E-state index is 12.8. The second-order valence-electron chi connectivity index (χ2n) is 5.74. The lowest BCUT2D eigenvalue weighted by Crippen LogP contribution is -2.46. The maximum atomic E-state index is 12.8. The number of hydrogen-bond donors (Lipinski definition) is 1. The number of benzene rings is 1. The average Bonchev–Trinajstić information content (AvgIpc) is 2.68. The summed E-state index contributed by atoms with van der Waals surface area (Å²) in [5.74, 6) is 0.297. The molecule has 2 aromatic rings. The third-order valence-corrected chi connectivity index (χ3v) is 4.08. The van der Waals surface area contributed by atoms with Gasteiger partial charge < -0.3 is 15.0 Å². The van der Waals surface area contributed by atoms with Crippen LogP contribution in [0.4, 0.5) is 22.0 Å². The van der Waals surface area contributed by atoms with Gasteiger partial charge in [0.05, 0.1) is 18.4 Å². The topological polar surface area (TPSA) is 74.8 Å². The first-order valence-corrected chi connectivity index (χ1v) is 8.22. The highest BCUT2D eigenvalue weighted by atomic mass is 16.5. The molecule has 7 nitrogen and oxygen atoms in total. The number of hydrogen-bond acceptors (Lipinski definition) is 5. The van der Waals surface area contributed by atoms with Crippen molar-refractivity contribution in [3.05, 3.63) is 60.8 Å². The van der Waals surface area contributed by atoms with E-state index in [1.54, 1.807) is 41.4 Å². The zero-order valence-electron chi connectivity index (χ0n) is 14.5. The van der Waals surface area contributed by atoms with E-state index in [2.05, 4.69) is 21.8 Å². The number of amides is 2. The Kier molecular flexibility index (Phi) is 5.17. The van der Waals surface area contributed by atoms with Crippen LogP contribution in [0.1, 0.15) is 10.4 Å². The number of nitrogens with one attached hydrogen (secondary N) is 1. The van der Waals surface area contributed by atoms with Gasteiger partial charge in [-0.2, -0.15) is 0 Å². The standard InChI is InChI=1S/C19H20N4O3/c1-3-10-22-11-12-23(16-8-5-9-20-17(16)22)19(25)21-15-7-4-6-14(13-15)18(24)26-2/h3-9,13H,1,10-12H2,2H3,(H,21,25). The van der Waals surface area contributed by atoms with Gasteiger partial charge in [0.15, 0.2) is 5.82 Å². The molecule has 0 atom stereocenters. The van der Waals surface area contributed by atoms with Gasteiger partial charge in [0, 0.05) is 31.5 Å². The van der Waals surface area contributed by atoms with E-state index in [0.717, 1.165) is 11.5 Å². The molecule has 0 bridgehead atoms. The molecule has 0 fully saturated rings. The van der Waals surface area contributed by atoms with E-state index in [-0.39, 0.29) is 6.03 Å². The van der Waals surface area contributed by atoms with E-state index in [0.29, 0.717) is 30.9 Å². The van der Waals surface area contributed by atoms with Crippen molar-refractivity contribution >= 4 is 29.2 Å². The Morgan fingerprint density at radius 3 is 2.92 bits per heavy atom. The lowest BCUT2D eigenvalue weighted by molar-refractivity contribution is 0.0600. The van der Waals surface area contributed by atoms with Crippen LogP contribution in [0, 0.1) is 0 Å². The average molecular weight is 352 g/mol. The molecule has 0 saturated carbocycles. The van der Waals surface area contributed by atoms with E-state index >= 15 is 0 Å². The molecule has 7 heteroatoms. The summed E-state index contributed by atoms with van der Waals surface area (Å²) in [6.07, 6.45) is 3.52. The van der Waals surface area contributed by atoms with Gasteiger partial charge in [0.2, 0.25) is 0 Å². The quantitative estimate of drug-likeness (QED) is 0.676. The van der Waals surface area contributed by atoms with Crippen LogP contribution in [-0.4, -0.2) is 43.7 Å². The smallest absolute Gasteiger partial charge is 0.337 e. The van der Waals surface area contributed by atoms with Crippen molar-refractivity contribution in [3.63, 3.8) is 0 Å². The minimum Gasteiger partial charge on any atom is -0.465 e. The van der Waals surface area contributed by atoms with Gasteiger partial charge in [-0.25, -0.2) is 14.6 Å². The van der Waals surface area contributed by atoms with Crippen LogP contribution in [0.5, 0.6) is 0 Å². The molecule has 3 rings (SSSR count). The third-order valence-electron chi connectivity index (χ3n) is 4.08. The van der Waals surface area contributed by atoms with E-state index < -0.39 is 5.97 Å². The molecule has 134 valence electrons. The number of urea groups is 1. The molecule has 0 spiro atoms. The Balaban J connectivity index is 1.81. The number of nitrogens with zero attached hydrogens (tertiary/aromatic N) is 3. The van der Waals surface area contributed by atoms with Gasteiger partial charge in [-0.3, -0.25) is 4.90 Å². The van der Waals surface area contributed by atoms with Crippen molar-refractivity contribution in [2.75, 3.05) is 41.9 Å². The number of aromatic nitrogens is 1. The van der Waals surface area contributed by atoms with Crippen LogP contribution in [0.2, 0.25) is 0 Å². The summed E-state index contributed by atoms with van der Waals surface area (Å²) in [7, 11) is 1.32. The van der Waals surface area contributed by atoms with Crippen LogP contribution in [-0.2, 0) is 4.74 Å². The minimum absolute atomic E-state index is 0.278. The largest absolute Gasteiger partial charge is 0.465 e. The van der Waals surface area contributed by atoms with E-state index in [1.807, 2.05) is 12.1 Å². The molecule has 0 unspecified atom stereocenters. The van der Waals surface area contributed by atoms with Crippen molar-refractivity contribution < 1.29 is 14.3 Å². The first-order chi connectivity index (χ1) is 12.6. The van der Waals surface area contributed by atoms with E-state index in [4.69, 9.17) is 4.74 Å². The fourth-order valence-electron chi connectivity index (χ4n) is 2.87. The first kappa shape index (κ1) is 17.5. The Labute approximate surface area is 151 Å². The fourth-order valence-corrected chi connectivity index (χ4v) is 2.87. The maximum Gasteiger partial charge on any atom is 0.337 e. The number of pyridine rings is 1. The molecule has 1 aliphatic heterocycles. The summed E-state index contributed by atoms with van der Waals surface area (Å²) >= 11 is 0. The molecular formula is C19H20N4O3. The Hall–Kier alpha value is -3.35. The Morgan fingerprint density at radius 2 is 2.15 bits per heavy atom. The van der Waals surface area contributed by atoms with Crippen LogP contribution >= 0.6 is 0 Å². The number of esters is 1. The number of ether oxygens (including phenoxy) is 1.